The van der Waals surface area contributed by atoms with Crippen LogP contribution in [-0.4, -0.2) is 32.6 Å². The van der Waals surface area contributed by atoms with Crippen LogP contribution in [-0.2, 0) is 0 Å². The first-order chi connectivity index (χ1) is 5.33. The Hall–Kier alpha value is -0.550. The Balaban J connectivity index is 2.23. The summed E-state index contributed by atoms with van der Waals surface area (Å²) in [5.74, 6) is 1.18. The minimum absolute atomic E-state index is 0.223. The first kappa shape index (κ1) is 8.55. The molecule has 0 amide bonds. The van der Waals surface area contributed by atoms with Crippen LogP contribution in [0.5, 0.6) is 0 Å². The van der Waals surface area contributed by atoms with Crippen LogP contribution in [0.2, 0.25) is 0 Å². The van der Waals surface area contributed by atoms with E-state index in [9.17, 15) is 0 Å². The van der Waals surface area contributed by atoms with Crippen molar-refractivity contribution in [3.63, 3.8) is 0 Å². The van der Waals surface area contributed by atoms with Crippen LogP contribution in [0.1, 0.15) is 6.92 Å². The monoisotopic (exact) mass is 173 g/mol. The average Bonchev–Trinajstić information content (AvgIpc) is 2.52. The Bertz CT molecular complexity index is 190. The highest BCUT2D eigenvalue weighted by Gasteiger charge is 2.02. The standard InChI is InChI=1S/C6H11N3OS/c1-5(2-10)3-11-6-7-4-8-9-6/h4-5,10H,2-3H2,1H3,(H,7,8,9). The predicted octanol–water partition coefficient (Wildman–Crippen LogP) is 0.525. The molecule has 62 valence electrons. The molecule has 1 heterocycles. The number of nitrogens with one attached hydrogen (secondary N) is 1. The summed E-state index contributed by atoms with van der Waals surface area (Å²) in [6, 6.07) is 0. The van der Waals surface area contributed by atoms with Crippen molar-refractivity contribution < 1.29 is 5.11 Å². The Morgan fingerprint density at radius 1 is 1.82 bits per heavy atom. The molecule has 4 nitrogen and oxygen atoms in total. The smallest absolute Gasteiger partial charge is 0.183 e. The lowest BCUT2D eigenvalue weighted by molar-refractivity contribution is 0.250. The van der Waals surface area contributed by atoms with E-state index < -0.39 is 0 Å². The van der Waals surface area contributed by atoms with Crippen LogP contribution in [0.15, 0.2) is 11.5 Å². The third-order valence-electron chi connectivity index (χ3n) is 1.21. The average molecular weight is 173 g/mol. The van der Waals surface area contributed by atoms with Gasteiger partial charge in [-0.1, -0.05) is 18.7 Å². The van der Waals surface area contributed by atoms with Crippen molar-refractivity contribution in [3.05, 3.63) is 6.33 Å². The van der Waals surface area contributed by atoms with Crippen molar-refractivity contribution in [2.45, 2.75) is 12.1 Å². The number of aliphatic hydroxyl groups excluding tert-OH is 1. The van der Waals surface area contributed by atoms with E-state index in [1.54, 1.807) is 11.8 Å². The van der Waals surface area contributed by atoms with E-state index in [1.165, 1.54) is 6.33 Å². The molecule has 0 spiro atoms. The maximum atomic E-state index is 8.70. The number of nitrogens with zero attached hydrogens (tertiary/aromatic N) is 2. The zero-order valence-electron chi connectivity index (χ0n) is 6.32. The van der Waals surface area contributed by atoms with Crippen LogP contribution in [0.4, 0.5) is 0 Å². The van der Waals surface area contributed by atoms with Crippen molar-refractivity contribution in [2.24, 2.45) is 5.92 Å². The molecule has 0 saturated heterocycles. The summed E-state index contributed by atoms with van der Waals surface area (Å²) >= 11 is 1.57. The van der Waals surface area contributed by atoms with Crippen LogP contribution in [0.25, 0.3) is 0 Å². The van der Waals surface area contributed by atoms with E-state index >= 15 is 0 Å². The Morgan fingerprint density at radius 2 is 2.64 bits per heavy atom. The topological polar surface area (TPSA) is 61.8 Å². The summed E-state index contributed by atoms with van der Waals surface area (Å²) in [7, 11) is 0. The number of hydrogen-bond acceptors (Lipinski definition) is 4. The maximum absolute atomic E-state index is 8.70. The molecule has 0 radical (unpaired) electrons. The van der Waals surface area contributed by atoms with Gasteiger partial charge in [-0.05, 0) is 5.92 Å². The van der Waals surface area contributed by atoms with E-state index in [2.05, 4.69) is 15.2 Å². The van der Waals surface area contributed by atoms with Crippen LogP contribution < -0.4 is 0 Å². The van der Waals surface area contributed by atoms with Gasteiger partial charge in [0.1, 0.15) is 6.33 Å². The quantitative estimate of drug-likeness (QED) is 0.652. The lowest BCUT2D eigenvalue weighted by atomic mass is 10.2. The molecule has 1 unspecified atom stereocenters. The first-order valence-electron chi connectivity index (χ1n) is 3.42. The lowest BCUT2D eigenvalue weighted by Crippen LogP contribution is -2.03. The molecule has 0 bridgehead atoms. The number of rotatable bonds is 4. The molecule has 1 rings (SSSR count). The summed E-state index contributed by atoms with van der Waals surface area (Å²) in [6.07, 6.45) is 1.48. The first-order valence-corrected chi connectivity index (χ1v) is 4.40. The van der Waals surface area contributed by atoms with Gasteiger partial charge >= 0.3 is 0 Å². The summed E-state index contributed by atoms with van der Waals surface area (Å²) in [6.45, 7) is 2.21. The summed E-state index contributed by atoms with van der Waals surface area (Å²) in [4.78, 5) is 3.94. The van der Waals surface area contributed by atoms with Crippen LogP contribution >= 0.6 is 11.8 Å². The molecule has 1 aromatic rings. The Labute approximate surface area is 69.4 Å². The minimum atomic E-state index is 0.223. The summed E-state index contributed by atoms with van der Waals surface area (Å²) < 4.78 is 0. The van der Waals surface area contributed by atoms with Crippen molar-refractivity contribution in [1.29, 1.82) is 0 Å². The summed E-state index contributed by atoms with van der Waals surface area (Å²) in [5, 5.41) is 16.0. The Morgan fingerprint density at radius 3 is 3.18 bits per heavy atom. The fourth-order valence-corrected chi connectivity index (χ4v) is 1.32. The lowest BCUT2D eigenvalue weighted by Gasteiger charge is -2.03. The number of H-pyrrole nitrogens is 1. The zero-order valence-corrected chi connectivity index (χ0v) is 7.14. The third kappa shape index (κ3) is 2.90. The van der Waals surface area contributed by atoms with E-state index in [1.807, 2.05) is 6.92 Å². The predicted molar refractivity (Wildman–Crippen MR) is 43.4 cm³/mol. The molecule has 0 fully saturated rings. The van der Waals surface area contributed by atoms with Gasteiger partial charge in [-0.2, -0.15) is 5.10 Å². The third-order valence-corrected chi connectivity index (χ3v) is 2.41. The molecule has 0 aliphatic carbocycles. The van der Waals surface area contributed by atoms with Gasteiger partial charge in [-0.15, -0.1) is 0 Å². The number of aromatic amines is 1. The molecule has 5 heteroatoms. The zero-order chi connectivity index (χ0) is 8.10. The van der Waals surface area contributed by atoms with Gasteiger partial charge in [0, 0.05) is 12.4 Å². The molecule has 0 aliphatic heterocycles. The van der Waals surface area contributed by atoms with Crippen molar-refractivity contribution in [1.82, 2.24) is 15.2 Å². The van der Waals surface area contributed by atoms with Gasteiger partial charge < -0.3 is 5.11 Å². The second kappa shape index (κ2) is 4.35. The van der Waals surface area contributed by atoms with Gasteiger partial charge in [0.15, 0.2) is 5.16 Å². The van der Waals surface area contributed by atoms with Crippen molar-refractivity contribution in [3.8, 4) is 0 Å². The highest BCUT2D eigenvalue weighted by atomic mass is 32.2. The maximum Gasteiger partial charge on any atom is 0.183 e. The highest BCUT2D eigenvalue weighted by molar-refractivity contribution is 7.99. The second-order valence-electron chi connectivity index (χ2n) is 2.39. The minimum Gasteiger partial charge on any atom is -0.396 e. The SMILES string of the molecule is CC(CO)CSc1ncn[nH]1. The number of aliphatic hydroxyl groups is 1. The fourth-order valence-electron chi connectivity index (χ4n) is 0.538. The molecular weight excluding hydrogens is 162 g/mol. The molecule has 0 aromatic carbocycles. The van der Waals surface area contributed by atoms with E-state index in [0.29, 0.717) is 5.92 Å². The largest absolute Gasteiger partial charge is 0.396 e. The Kier molecular flexibility index (Phi) is 3.38. The molecule has 0 saturated carbocycles. The molecule has 1 aromatic heterocycles. The fraction of sp³-hybridized carbons (Fsp3) is 0.667. The molecular formula is C6H11N3OS. The highest BCUT2D eigenvalue weighted by Crippen LogP contribution is 2.14. The van der Waals surface area contributed by atoms with Gasteiger partial charge in [0.2, 0.25) is 0 Å². The second-order valence-corrected chi connectivity index (χ2v) is 3.40. The summed E-state index contributed by atoms with van der Waals surface area (Å²) in [5.41, 5.74) is 0. The van der Waals surface area contributed by atoms with E-state index in [-0.39, 0.29) is 6.61 Å². The van der Waals surface area contributed by atoms with Crippen LogP contribution in [0.3, 0.4) is 0 Å². The van der Waals surface area contributed by atoms with E-state index in [0.717, 1.165) is 10.9 Å². The van der Waals surface area contributed by atoms with Crippen molar-refractivity contribution in [2.75, 3.05) is 12.4 Å². The molecule has 1 atom stereocenters. The van der Waals surface area contributed by atoms with Crippen LogP contribution in [0, 0.1) is 5.92 Å². The van der Waals surface area contributed by atoms with Crippen molar-refractivity contribution >= 4 is 11.8 Å². The van der Waals surface area contributed by atoms with Gasteiger partial charge in [-0.3, -0.25) is 5.10 Å². The normalized spacial score (nSPS) is 13.3. The van der Waals surface area contributed by atoms with E-state index in [4.69, 9.17) is 5.11 Å². The van der Waals surface area contributed by atoms with Gasteiger partial charge in [-0.25, -0.2) is 4.98 Å². The van der Waals surface area contributed by atoms with Gasteiger partial charge in [0.05, 0.1) is 0 Å². The molecule has 11 heavy (non-hydrogen) atoms. The number of thioether (sulfide) groups is 1. The molecule has 0 aliphatic rings. The molecule has 2 N–H and O–H groups in total. The number of hydrogen-bond donors (Lipinski definition) is 2. The van der Waals surface area contributed by atoms with Gasteiger partial charge in [0.25, 0.3) is 0 Å². The number of aromatic nitrogens is 3.